The summed E-state index contributed by atoms with van der Waals surface area (Å²) >= 11 is 0. The minimum atomic E-state index is -0.763. The standard InChI is InChI=1S/C59H114O6/c1-6-7-8-9-10-11-12-13-14-18-24-29-34-39-44-49-57(60)63-52-56(53-64-58(61)50-45-40-35-30-25-21-20-23-28-33-38-43-48-55(4)5)65-59(62)51-46-41-36-31-26-19-16-15-17-22-27-32-37-42-47-54(2)3/h54-56H,6-53H2,1-5H3/t56-/m0/s1. The maximum absolute atomic E-state index is 12.9. The Labute approximate surface area is 406 Å². The van der Waals surface area contributed by atoms with E-state index in [4.69, 9.17) is 14.2 Å². The van der Waals surface area contributed by atoms with Crippen molar-refractivity contribution in [2.75, 3.05) is 13.2 Å². The third-order valence-corrected chi connectivity index (χ3v) is 13.5. The molecule has 0 amide bonds. The highest BCUT2D eigenvalue weighted by atomic mass is 16.6. The molecule has 0 aliphatic carbocycles. The first kappa shape index (κ1) is 63.4. The molecule has 1 atom stereocenters. The van der Waals surface area contributed by atoms with E-state index in [9.17, 15) is 14.4 Å². The van der Waals surface area contributed by atoms with Crippen LogP contribution in [0.25, 0.3) is 0 Å². The molecule has 0 rings (SSSR count). The van der Waals surface area contributed by atoms with Crippen molar-refractivity contribution in [1.82, 2.24) is 0 Å². The van der Waals surface area contributed by atoms with E-state index in [0.29, 0.717) is 19.3 Å². The Hall–Kier alpha value is -1.59. The van der Waals surface area contributed by atoms with Crippen LogP contribution in [0.1, 0.15) is 330 Å². The number of rotatable bonds is 53. The Morgan fingerprint density at radius 3 is 0.754 bits per heavy atom. The highest BCUT2D eigenvalue weighted by Gasteiger charge is 2.19. The first-order valence-electron chi connectivity index (χ1n) is 29.2. The summed E-state index contributed by atoms with van der Waals surface area (Å²) in [6.07, 6.45) is 55.2. The Kier molecular flexibility index (Phi) is 50.5. The number of unbranched alkanes of at least 4 members (excludes halogenated alkanes) is 38. The monoisotopic (exact) mass is 919 g/mol. The smallest absolute Gasteiger partial charge is 0.306 e. The molecule has 6 nitrogen and oxygen atoms in total. The average molecular weight is 920 g/mol. The number of hydrogen-bond donors (Lipinski definition) is 0. The molecule has 0 aliphatic rings. The quantitative estimate of drug-likeness (QED) is 0.0344. The van der Waals surface area contributed by atoms with Gasteiger partial charge in [-0.1, -0.05) is 291 Å². The van der Waals surface area contributed by atoms with Crippen molar-refractivity contribution in [2.24, 2.45) is 11.8 Å². The zero-order valence-corrected chi connectivity index (χ0v) is 44.6. The van der Waals surface area contributed by atoms with Crippen molar-refractivity contribution in [2.45, 2.75) is 336 Å². The molecule has 0 saturated heterocycles. The van der Waals surface area contributed by atoms with Crippen LogP contribution in [0.15, 0.2) is 0 Å². The lowest BCUT2D eigenvalue weighted by atomic mass is 10.0. The zero-order valence-electron chi connectivity index (χ0n) is 44.6. The lowest BCUT2D eigenvalue weighted by Gasteiger charge is -2.18. The van der Waals surface area contributed by atoms with Gasteiger partial charge < -0.3 is 14.2 Å². The van der Waals surface area contributed by atoms with Crippen LogP contribution in [0.2, 0.25) is 0 Å². The van der Waals surface area contributed by atoms with Crippen LogP contribution in [0.4, 0.5) is 0 Å². The normalized spacial score (nSPS) is 12.0. The van der Waals surface area contributed by atoms with Gasteiger partial charge in [0.1, 0.15) is 13.2 Å². The van der Waals surface area contributed by atoms with E-state index in [0.717, 1.165) is 69.6 Å². The molecule has 0 N–H and O–H groups in total. The highest BCUT2D eigenvalue weighted by Crippen LogP contribution is 2.18. The van der Waals surface area contributed by atoms with E-state index in [1.807, 2.05) is 0 Å². The van der Waals surface area contributed by atoms with E-state index >= 15 is 0 Å². The number of carbonyl (C=O) groups excluding carboxylic acids is 3. The fraction of sp³-hybridized carbons (Fsp3) is 0.949. The van der Waals surface area contributed by atoms with E-state index in [-0.39, 0.29) is 31.1 Å². The highest BCUT2D eigenvalue weighted by molar-refractivity contribution is 5.71. The van der Waals surface area contributed by atoms with Gasteiger partial charge in [0.2, 0.25) is 0 Å². The molecular weight excluding hydrogens is 805 g/mol. The summed E-state index contributed by atoms with van der Waals surface area (Å²) < 4.78 is 16.9. The van der Waals surface area contributed by atoms with Crippen LogP contribution in [0.3, 0.4) is 0 Å². The summed E-state index contributed by atoms with van der Waals surface area (Å²) in [5.41, 5.74) is 0. The molecule has 386 valence electrons. The van der Waals surface area contributed by atoms with Crippen LogP contribution in [-0.2, 0) is 28.6 Å². The maximum atomic E-state index is 12.9. The fourth-order valence-corrected chi connectivity index (χ4v) is 9.05. The molecule has 6 heteroatoms. The van der Waals surface area contributed by atoms with Crippen molar-refractivity contribution in [3.63, 3.8) is 0 Å². The SMILES string of the molecule is CCCCCCCCCCCCCCCCCC(=O)OC[C@@H](COC(=O)CCCCCCCCCCCCCCC(C)C)OC(=O)CCCCCCCCCCCCCCCCC(C)C. The molecule has 0 saturated carbocycles. The number of hydrogen-bond acceptors (Lipinski definition) is 6. The van der Waals surface area contributed by atoms with Crippen molar-refractivity contribution >= 4 is 17.9 Å². The molecule has 0 aromatic carbocycles. The summed E-state index contributed by atoms with van der Waals surface area (Å²) in [4.78, 5) is 38.2. The Bertz CT molecular complexity index is 993. The summed E-state index contributed by atoms with van der Waals surface area (Å²) in [6.45, 7) is 11.4. The van der Waals surface area contributed by atoms with Crippen molar-refractivity contribution in [3.8, 4) is 0 Å². The Morgan fingerprint density at radius 1 is 0.292 bits per heavy atom. The molecule has 0 aromatic heterocycles. The first-order chi connectivity index (χ1) is 31.7. The topological polar surface area (TPSA) is 78.9 Å². The van der Waals surface area contributed by atoms with Gasteiger partial charge in [0.15, 0.2) is 6.10 Å². The van der Waals surface area contributed by atoms with Gasteiger partial charge in [-0.05, 0) is 31.1 Å². The van der Waals surface area contributed by atoms with Gasteiger partial charge in [0.25, 0.3) is 0 Å². The predicted molar refractivity (Wildman–Crippen MR) is 280 cm³/mol. The molecule has 0 unspecified atom stereocenters. The number of ether oxygens (including phenoxy) is 3. The van der Waals surface area contributed by atoms with Crippen LogP contribution in [-0.4, -0.2) is 37.2 Å². The van der Waals surface area contributed by atoms with Gasteiger partial charge in [-0.25, -0.2) is 0 Å². The molecule has 0 radical (unpaired) electrons. The van der Waals surface area contributed by atoms with Gasteiger partial charge in [0.05, 0.1) is 0 Å². The average Bonchev–Trinajstić information content (AvgIpc) is 3.28. The lowest BCUT2D eigenvalue weighted by molar-refractivity contribution is -0.167. The summed E-state index contributed by atoms with van der Waals surface area (Å²) in [5.74, 6) is 0.839. The third-order valence-electron chi connectivity index (χ3n) is 13.5. The Morgan fingerprint density at radius 2 is 0.508 bits per heavy atom. The molecule has 65 heavy (non-hydrogen) atoms. The molecule has 0 heterocycles. The second kappa shape index (κ2) is 51.8. The Balaban J connectivity index is 4.30. The second-order valence-electron chi connectivity index (χ2n) is 21.2. The van der Waals surface area contributed by atoms with E-state index in [1.54, 1.807) is 0 Å². The fourth-order valence-electron chi connectivity index (χ4n) is 9.05. The number of carbonyl (C=O) groups is 3. The molecule has 0 aliphatic heterocycles. The zero-order chi connectivity index (χ0) is 47.5. The summed E-state index contributed by atoms with van der Waals surface area (Å²) in [6, 6.07) is 0. The number of esters is 3. The van der Waals surface area contributed by atoms with Crippen molar-refractivity contribution in [3.05, 3.63) is 0 Å². The minimum absolute atomic E-state index is 0.0625. The third kappa shape index (κ3) is 53.2. The van der Waals surface area contributed by atoms with Gasteiger partial charge in [-0.15, -0.1) is 0 Å². The summed E-state index contributed by atoms with van der Waals surface area (Å²) in [7, 11) is 0. The predicted octanol–water partition coefficient (Wildman–Crippen LogP) is 19.3. The van der Waals surface area contributed by atoms with Crippen molar-refractivity contribution in [1.29, 1.82) is 0 Å². The van der Waals surface area contributed by atoms with Crippen LogP contribution in [0, 0.1) is 11.8 Å². The van der Waals surface area contributed by atoms with Crippen LogP contribution >= 0.6 is 0 Å². The second-order valence-corrected chi connectivity index (χ2v) is 21.2. The van der Waals surface area contributed by atoms with Crippen LogP contribution in [0.5, 0.6) is 0 Å². The van der Waals surface area contributed by atoms with Crippen molar-refractivity contribution < 1.29 is 28.6 Å². The van der Waals surface area contributed by atoms with Crippen LogP contribution < -0.4 is 0 Å². The van der Waals surface area contributed by atoms with Gasteiger partial charge >= 0.3 is 17.9 Å². The summed E-state index contributed by atoms with van der Waals surface area (Å²) in [5, 5.41) is 0. The van der Waals surface area contributed by atoms with Gasteiger partial charge in [-0.3, -0.25) is 14.4 Å². The molecule has 0 fully saturated rings. The maximum Gasteiger partial charge on any atom is 0.306 e. The molecule has 0 bridgehead atoms. The van der Waals surface area contributed by atoms with E-state index < -0.39 is 6.10 Å². The van der Waals surface area contributed by atoms with E-state index in [2.05, 4.69) is 34.6 Å². The molecular formula is C59H114O6. The van der Waals surface area contributed by atoms with Gasteiger partial charge in [0, 0.05) is 19.3 Å². The van der Waals surface area contributed by atoms with Gasteiger partial charge in [-0.2, -0.15) is 0 Å². The minimum Gasteiger partial charge on any atom is -0.462 e. The lowest BCUT2D eigenvalue weighted by Crippen LogP contribution is -2.30. The van der Waals surface area contributed by atoms with E-state index in [1.165, 1.54) is 218 Å². The largest absolute Gasteiger partial charge is 0.462 e. The molecule has 0 aromatic rings. The molecule has 0 spiro atoms. The first-order valence-corrected chi connectivity index (χ1v) is 29.2.